The number of aromatic nitrogens is 4. The van der Waals surface area contributed by atoms with Crippen LogP contribution in [0.4, 0.5) is 4.79 Å². The van der Waals surface area contributed by atoms with Gasteiger partial charge >= 0.3 is 6.09 Å². The van der Waals surface area contributed by atoms with Crippen LogP contribution in [-0.4, -0.2) is 71.6 Å². The first-order valence-corrected chi connectivity index (χ1v) is 15.3. The first-order valence-electron chi connectivity index (χ1n) is 15.3. The Morgan fingerprint density at radius 3 is 2.43 bits per heavy atom. The van der Waals surface area contributed by atoms with Crippen molar-refractivity contribution in [3.05, 3.63) is 72.3 Å². The van der Waals surface area contributed by atoms with E-state index in [9.17, 15) is 19.5 Å². The zero-order valence-electron chi connectivity index (χ0n) is 25.7. The van der Waals surface area contributed by atoms with Gasteiger partial charge in [0, 0.05) is 37.1 Å². The highest BCUT2D eigenvalue weighted by Crippen LogP contribution is 2.34. The van der Waals surface area contributed by atoms with Gasteiger partial charge in [-0.25, -0.2) is 14.8 Å². The fourth-order valence-corrected chi connectivity index (χ4v) is 5.95. The monoisotopic (exact) mass is 607 g/mol. The predicted molar refractivity (Wildman–Crippen MR) is 164 cm³/mol. The van der Waals surface area contributed by atoms with E-state index in [1.165, 1.54) is 17.4 Å². The molecule has 2 heterocycles. The number of rotatable bonds is 13. The van der Waals surface area contributed by atoms with Crippen LogP contribution < -0.4 is 11.1 Å². The van der Waals surface area contributed by atoms with Crippen LogP contribution in [0.1, 0.15) is 82.5 Å². The minimum absolute atomic E-state index is 0.0393. The number of aliphatic hydroxyl groups excluding tert-OH is 1. The molecule has 12 heteroatoms. The second-order valence-electron chi connectivity index (χ2n) is 12.6. The summed E-state index contributed by atoms with van der Waals surface area (Å²) in [6, 6.07) is 6.09. The molecule has 0 saturated heterocycles. The number of carbonyl (C=O) groups is 3. The van der Waals surface area contributed by atoms with Gasteiger partial charge in [-0.05, 0) is 38.7 Å². The Labute approximate surface area is 258 Å². The third kappa shape index (κ3) is 9.15. The number of hydrogen-bond donors (Lipinski definition) is 5. The Morgan fingerprint density at radius 1 is 1.11 bits per heavy atom. The molecule has 0 bridgehead atoms. The third-order valence-corrected chi connectivity index (χ3v) is 7.98. The van der Waals surface area contributed by atoms with E-state index in [1.807, 2.05) is 30.3 Å². The Kier molecular flexibility index (Phi) is 11.2. The fourth-order valence-electron chi connectivity index (χ4n) is 5.95. The van der Waals surface area contributed by atoms with Crippen LogP contribution in [-0.2, 0) is 27.2 Å². The molecule has 3 aromatic rings. The van der Waals surface area contributed by atoms with Crippen molar-refractivity contribution in [2.24, 2.45) is 11.7 Å². The molecule has 1 aromatic carbocycles. The molecule has 2 aromatic heterocycles. The smallest absolute Gasteiger partial charge is 0.408 e. The maximum Gasteiger partial charge on any atom is 0.408 e. The molecule has 1 saturated carbocycles. The number of hydrogen-bond acceptors (Lipinski definition) is 7. The van der Waals surface area contributed by atoms with Crippen molar-refractivity contribution in [2.75, 3.05) is 0 Å². The largest absolute Gasteiger partial charge is 0.444 e. The van der Waals surface area contributed by atoms with Crippen molar-refractivity contribution in [3.63, 3.8) is 0 Å². The van der Waals surface area contributed by atoms with Crippen molar-refractivity contribution in [1.29, 1.82) is 0 Å². The predicted octanol–water partition coefficient (Wildman–Crippen LogP) is 3.57. The van der Waals surface area contributed by atoms with E-state index in [1.54, 1.807) is 33.2 Å². The van der Waals surface area contributed by atoms with E-state index in [0.29, 0.717) is 12.1 Å². The second kappa shape index (κ2) is 15.0. The molecule has 0 unspecified atom stereocenters. The summed E-state index contributed by atoms with van der Waals surface area (Å²) in [5, 5.41) is 14.6. The number of primary amides is 1. The first-order chi connectivity index (χ1) is 21.0. The van der Waals surface area contributed by atoms with Crippen LogP contribution in [0.2, 0.25) is 0 Å². The lowest BCUT2D eigenvalue weighted by Gasteiger charge is -2.42. The molecule has 0 aliphatic heterocycles. The molecule has 0 radical (unpaired) electrons. The van der Waals surface area contributed by atoms with E-state index >= 15 is 0 Å². The standard InChI is InChI=1S/C32H45N7O5/c1-32(2,3)44-31(43)38-24(16-21-10-6-4-7-11-21)30(42)39(26(28(33)41)18-23-19-34-20-37-23)25(17-22-12-8-5-9-13-22)27(40)29-35-14-15-36-29/h4,6-7,10-11,14-15,19-20,22,24-27,40H,5,8-9,12-13,16-18H2,1-3H3,(H2,33,41)(H,34,37)(H,35,36)(H,38,43)/t24-,25+,26-,27+/m0/s1. The Balaban J connectivity index is 1.80. The number of H-pyrrole nitrogens is 2. The van der Waals surface area contributed by atoms with Gasteiger partial charge in [0.25, 0.3) is 0 Å². The molecule has 1 aliphatic carbocycles. The zero-order chi connectivity index (χ0) is 31.7. The van der Waals surface area contributed by atoms with Gasteiger partial charge in [-0.3, -0.25) is 9.59 Å². The number of aliphatic hydroxyl groups is 1. The summed E-state index contributed by atoms with van der Waals surface area (Å²) in [6.07, 6.45) is 9.85. The molecular formula is C32H45N7O5. The molecule has 238 valence electrons. The van der Waals surface area contributed by atoms with Crippen LogP contribution in [0.3, 0.4) is 0 Å². The van der Waals surface area contributed by atoms with Crippen molar-refractivity contribution in [3.8, 4) is 0 Å². The number of alkyl carbamates (subject to hydrolysis) is 1. The highest BCUT2D eigenvalue weighted by Gasteiger charge is 2.43. The van der Waals surface area contributed by atoms with E-state index in [4.69, 9.17) is 10.5 Å². The number of imidazole rings is 2. The Hall–Kier alpha value is -4.19. The number of carbonyl (C=O) groups excluding carboxylic acids is 3. The van der Waals surface area contributed by atoms with Gasteiger partial charge in [0.1, 0.15) is 29.6 Å². The average molecular weight is 608 g/mol. The summed E-state index contributed by atoms with van der Waals surface area (Å²) in [7, 11) is 0. The zero-order valence-corrected chi connectivity index (χ0v) is 25.7. The van der Waals surface area contributed by atoms with E-state index < -0.39 is 47.7 Å². The summed E-state index contributed by atoms with van der Waals surface area (Å²) in [6.45, 7) is 5.21. The number of nitrogens with zero attached hydrogens (tertiary/aromatic N) is 3. The summed E-state index contributed by atoms with van der Waals surface area (Å²) in [5.41, 5.74) is 6.61. The van der Waals surface area contributed by atoms with Gasteiger partial charge < -0.3 is 35.8 Å². The number of nitrogens with two attached hydrogens (primary N) is 1. The SMILES string of the molecule is CC(C)(C)OC(=O)N[C@@H](Cc1ccccc1)C(=O)N([C@H](CC1CCCCC1)[C@@H](O)c1ncc[nH]1)[C@@H](Cc1cnc[nH]1)C(N)=O. The minimum Gasteiger partial charge on any atom is -0.444 e. The van der Waals surface area contributed by atoms with Gasteiger partial charge in [0.2, 0.25) is 11.8 Å². The molecule has 44 heavy (non-hydrogen) atoms. The van der Waals surface area contributed by atoms with Crippen LogP contribution in [0.15, 0.2) is 55.2 Å². The first kappa shape index (κ1) is 32.7. The highest BCUT2D eigenvalue weighted by atomic mass is 16.6. The fraction of sp³-hybridized carbons (Fsp3) is 0.531. The van der Waals surface area contributed by atoms with Crippen molar-refractivity contribution >= 4 is 17.9 Å². The van der Waals surface area contributed by atoms with E-state index in [0.717, 1.165) is 37.7 Å². The number of aromatic amines is 2. The summed E-state index contributed by atoms with van der Waals surface area (Å²) < 4.78 is 5.53. The third-order valence-electron chi connectivity index (χ3n) is 7.98. The average Bonchev–Trinajstić information content (AvgIpc) is 3.70. The molecular weight excluding hydrogens is 562 g/mol. The van der Waals surface area contributed by atoms with Gasteiger partial charge in [0.05, 0.1) is 12.4 Å². The quantitative estimate of drug-likeness (QED) is 0.197. The molecule has 3 amide bonds. The lowest BCUT2D eigenvalue weighted by Crippen LogP contribution is -2.61. The van der Waals surface area contributed by atoms with E-state index in [2.05, 4.69) is 25.3 Å². The lowest BCUT2D eigenvalue weighted by molar-refractivity contribution is -0.148. The number of nitrogens with one attached hydrogen (secondary N) is 3. The number of ether oxygens (including phenoxy) is 1. The van der Waals surface area contributed by atoms with Crippen LogP contribution in [0.5, 0.6) is 0 Å². The maximum absolute atomic E-state index is 14.9. The maximum atomic E-state index is 14.9. The van der Waals surface area contributed by atoms with Gasteiger partial charge in [0.15, 0.2) is 0 Å². The van der Waals surface area contributed by atoms with Crippen LogP contribution in [0.25, 0.3) is 0 Å². The topological polar surface area (TPSA) is 179 Å². The minimum atomic E-state index is -1.25. The van der Waals surface area contributed by atoms with Crippen molar-refractivity contribution in [2.45, 2.75) is 102 Å². The molecule has 4 atom stereocenters. The molecule has 1 aliphatic rings. The van der Waals surface area contributed by atoms with Gasteiger partial charge in [-0.15, -0.1) is 0 Å². The summed E-state index contributed by atoms with van der Waals surface area (Å²) in [4.78, 5) is 56.9. The second-order valence-corrected chi connectivity index (χ2v) is 12.6. The van der Waals surface area contributed by atoms with Crippen molar-refractivity contribution < 1.29 is 24.2 Å². The molecule has 4 rings (SSSR count). The van der Waals surface area contributed by atoms with Gasteiger partial charge in [-0.1, -0.05) is 62.4 Å². The molecule has 0 spiro atoms. The molecule has 6 N–H and O–H groups in total. The van der Waals surface area contributed by atoms with E-state index in [-0.39, 0.29) is 24.6 Å². The highest BCUT2D eigenvalue weighted by molar-refractivity contribution is 5.91. The molecule has 1 fully saturated rings. The summed E-state index contributed by atoms with van der Waals surface area (Å²) >= 11 is 0. The lowest BCUT2D eigenvalue weighted by atomic mass is 9.82. The van der Waals surface area contributed by atoms with Crippen LogP contribution in [0, 0.1) is 5.92 Å². The van der Waals surface area contributed by atoms with Crippen molar-refractivity contribution in [1.82, 2.24) is 30.2 Å². The summed E-state index contributed by atoms with van der Waals surface area (Å²) in [5.74, 6) is -0.827. The van der Waals surface area contributed by atoms with Gasteiger partial charge in [-0.2, -0.15) is 0 Å². The Bertz CT molecular complexity index is 1320. The Morgan fingerprint density at radius 2 is 1.84 bits per heavy atom. The number of benzene rings is 1. The molecule has 12 nitrogen and oxygen atoms in total. The number of amides is 3. The normalized spacial score (nSPS) is 16.8. The van der Waals surface area contributed by atoms with Crippen LogP contribution >= 0.6 is 0 Å².